The first-order chi connectivity index (χ1) is 11.1. The molecule has 0 spiro atoms. The second-order valence-electron chi connectivity index (χ2n) is 6.72. The maximum absolute atomic E-state index is 12.4. The number of hydrogen-bond acceptors (Lipinski definition) is 3. The SMILES string of the molecule is CC(=NNC(=O)c1sc2ccccc2c1Cl)C1CC2CCC1C2. The molecule has 0 radical (unpaired) electrons. The third kappa shape index (κ3) is 2.68. The van der Waals surface area contributed by atoms with Crippen molar-refractivity contribution in [1.29, 1.82) is 0 Å². The highest BCUT2D eigenvalue weighted by Gasteiger charge is 2.40. The van der Waals surface area contributed by atoms with Crippen molar-refractivity contribution in [1.82, 2.24) is 5.43 Å². The largest absolute Gasteiger partial charge is 0.283 e. The Labute approximate surface area is 144 Å². The minimum Gasteiger partial charge on any atom is -0.266 e. The minimum absolute atomic E-state index is 0.210. The van der Waals surface area contributed by atoms with E-state index in [9.17, 15) is 4.79 Å². The van der Waals surface area contributed by atoms with Crippen LogP contribution in [0.15, 0.2) is 29.4 Å². The molecule has 1 heterocycles. The van der Waals surface area contributed by atoms with Crippen molar-refractivity contribution in [3.63, 3.8) is 0 Å². The van der Waals surface area contributed by atoms with Crippen LogP contribution in [0.4, 0.5) is 0 Å². The molecule has 2 aliphatic carbocycles. The predicted molar refractivity (Wildman–Crippen MR) is 96.3 cm³/mol. The number of benzene rings is 1. The summed E-state index contributed by atoms with van der Waals surface area (Å²) in [4.78, 5) is 13.0. The van der Waals surface area contributed by atoms with Crippen molar-refractivity contribution in [3.05, 3.63) is 34.2 Å². The van der Waals surface area contributed by atoms with Gasteiger partial charge in [-0.1, -0.05) is 36.2 Å². The van der Waals surface area contributed by atoms with Gasteiger partial charge in [0.15, 0.2) is 0 Å². The maximum Gasteiger partial charge on any atom is 0.283 e. The molecule has 0 aliphatic heterocycles. The van der Waals surface area contributed by atoms with E-state index in [0.717, 1.165) is 27.6 Å². The maximum atomic E-state index is 12.4. The van der Waals surface area contributed by atoms with Gasteiger partial charge in [-0.2, -0.15) is 5.10 Å². The number of carbonyl (C=O) groups excluding carboxylic acids is 1. The number of hydrogen-bond donors (Lipinski definition) is 1. The summed E-state index contributed by atoms with van der Waals surface area (Å²) in [5, 5.41) is 5.83. The van der Waals surface area contributed by atoms with Crippen LogP contribution in [0.2, 0.25) is 5.02 Å². The number of hydrazone groups is 1. The monoisotopic (exact) mass is 346 g/mol. The molecule has 1 amide bonds. The van der Waals surface area contributed by atoms with E-state index in [1.165, 1.54) is 37.0 Å². The van der Waals surface area contributed by atoms with Crippen molar-refractivity contribution >= 4 is 44.6 Å². The zero-order valence-electron chi connectivity index (χ0n) is 13.0. The third-order valence-electron chi connectivity index (χ3n) is 5.35. The molecule has 5 heteroatoms. The Morgan fingerprint density at radius 3 is 2.83 bits per heavy atom. The number of carbonyl (C=O) groups is 1. The first-order valence-corrected chi connectivity index (χ1v) is 9.34. The predicted octanol–water partition coefficient (Wildman–Crippen LogP) is 5.10. The molecule has 2 aromatic rings. The molecule has 120 valence electrons. The molecule has 1 aromatic heterocycles. The van der Waals surface area contributed by atoms with E-state index in [1.807, 2.05) is 31.2 Å². The average molecular weight is 347 g/mol. The second-order valence-corrected chi connectivity index (χ2v) is 8.15. The fourth-order valence-corrected chi connectivity index (χ4v) is 5.60. The quantitative estimate of drug-likeness (QED) is 0.610. The van der Waals surface area contributed by atoms with E-state index in [2.05, 4.69) is 10.5 Å². The number of fused-ring (bicyclic) bond motifs is 3. The third-order valence-corrected chi connectivity index (χ3v) is 7.02. The van der Waals surface area contributed by atoms with Crippen molar-refractivity contribution < 1.29 is 4.79 Å². The smallest absolute Gasteiger partial charge is 0.266 e. The lowest BCUT2D eigenvalue weighted by Gasteiger charge is -2.21. The molecule has 1 aromatic carbocycles. The minimum atomic E-state index is -0.210. The van der Waals surface area contributed by atoms with Gasteiger partial charge in [0.2, 0.25) is 0 Å². The highest BCUT2D eigenvalue weighted by atomic mass is 35.5. The van der Waals surface area contributed by atoms with Crippen LogP contribution < -0.4 is 5.43 Å². The Morgan fingerprint density at radius 1 is 1.30 bits per heavy atom. The van der Waals surface area contributed by atoms with Crippen LogP contribution in [-0.4, -0.2) is 11.6 Å². The van der Waals surface area contributed by atoms with Crippen LogP contribution in [0.25, 0.3) is 10.1 Å². The summed E-state index contributed by atoms with van der Waals surface area (Å²) >= 11 is 7.76. The van der Waals surface area contributed by atoms with E-state index >= 15 is 0 Å². The molecule has 23 heavy (non-hydrogen) atoms. The van der Waals surface area contributed by atoms with Gasteiger partial charge in [0.25, 0.3) is 5.91 Å². The summed E-state index contributed by atoms with van der Waals surface area (Å²) in [7, 11) is 0. The highest BCUT2D eigenvalue weighted by molar-refractivity contribution is 7.21. The fourth-order valence-electron chi connectivity index (χ4n) is 4.19. The van der Waals surface area contributed by atoms with Gasteiger partial charge in [0, 0.05) is 21.7 Å². The van der Waals surface area contributed by atoms with Gasteiger partial charge in [0.1, 0.15) is 4.88 Å². The molecule has 0 saturated heterocycles. The molecular formula is C18H19ClN2OS. The highest BCUT2D eigenvalue weighted by Crippen LogP contribution is 2.48. The summed E-state index contributed by atoms with van der Waals surface area (Å²) in [5.74, 6) is 1.99. The molecule has 1 N–H and O–H groups in total. The van der Waals surface area contributed by atoms with Gasteiger partial charge in [-0.25, -0.2) is 5.43 Å². The first-order valence-electron chi connectivity index (χ1n) is 8.15. The van der Waals surface area contributed by atoms with Gasteiger partial charge in [-0.3, -0.25) is 4.79 Å². The van der Waals surface area contributed by atoms with Crippen LogP contribution in [0.3, 0.4) is 0 Å². The fraction of sp³-hybridized carbons (Fsp3) is 0.444. The van der Waals surface area contributed by atoms with Crippen LogP contribution in [0.5, 0.6) is 0 Å². The van der Waals surface area contributed by atoms with Crippen LogP contribution in [0, 0.1) is 17.8 Å². The summed E-state index contributed by atoms with van der Waals surface area (Å²) in [6.45, 7) is 2.04. The number of nitrogens with zero attached hydrogens (tertiary/aromatic N) is 1. The zero-order chi connectivity index (χ0) is 16.0. The molecule has 4 rings (SSSR count). The Kier molecular flexibility index (Phi) is 3.90. The Hall–Kier alpha value is -1.39. The molecule has 2 aliphatic rings. The second kappa shape index (κ2) is 5.91. The Balaban J connectivity index is 1.51. The van der Waals surface area contributed by atoms with Gasteiger partial charge >= 0.3 is 0 Å². The normalized spacial score (nSPS) is 26.9. The standard InChI is InChI=1S/C18H19ClN2OS/c1-10(14-9-11-6-7-12(14)8-11)20-21-18(22)17-16(19)13-4-2-3-5-15(13)23-17/h2-5,11-12,14H,6-9H2,1H3,(H,21,22). The van der Waals surface area contributed by atoms with E-state index < -0.39 is 0 Å². The number of rotatable bonds is 3. The van der Waals surface area contributed by atoms with Gasteiger partial charge in [0.05, 0.1) is 5.02 Å². The lowest BCUT2D eigenvalue weighted by Crippen LogP contribution is -2.24. The van der Waals surface area contributed by atoms with E-state index in [1.54, 1.807) is 0 Å². The van der Waals surface area contributed by atoms with E-state index in [4.69, 9.17) is 11.6 Å². The first kappa shape index (κ1) is 15.2. The number of halogens is 1. The Morgan fingerprint density at radius 2 is 2.13 bits per heavy atom. The summed E-state index contributed by atoms with van der Waals surface area (Å²) in [6, 6.07) is 7.80. The molecule has 2 fully saturated rings. The zero-order valence-corrected chi connectivity index (χ0v) is 14.6. The van der Waals surface area contributed by atoms with E-state index in [-0.39, 0.29) is 5.91 Å². The van der Waals surface area contributed by atoms with Crippen LogP contribution in [-0.2, 0) is 0 Å². The number of nitrogens with one attached hydrogen (secondary N) is 1. The van der Waals surface area contributed by atoms with Gasteiger partial charge in [-0.05, 0) is 44.1 Å². The van der Waals surface area contributed by atoms with Crippen LogP contribution in [0.1, 0.15) is 42.3 Å². The Bertz CT molecular complexity index is 797. The van der Waals surface area contributed by atoms with Crippen molar-refractivity contribution in [2.75, 3.05) is 0 Å². The van der Waals surface area contributed by atoms with E-state index in [0.29, 0.717) is 15.8 Å². The van der Waals surface area contributed by atoms with Crippen molar-refractivity contribution in [2.45, 2.75) is 32.6 Å². The molecular weight excluding hydrogens is 328 g/mol. The topological polar surface area (TPSA) is 41.5 Å². The lowest BCUT2D eigenvalue weighted by molar-refractivity contribution is 0.0958. The molecule has 3 atom stereocenters. The summed E-state index contributed by atoms with van der Waals surface area (Å²) < 4.78 is 1.02. The van der Waals surface area contributed by atoms with Crippen molar-refractivity contribution in [3.8, 4) is 0 Å². The van der Waals surface area contributed by atoms with Crippen molar-refractivity contribution in [2.24, 2.45) is 22.9 Å². The van der Waals surface area contributed by atoms with Gasteiger partial charge < -0.3 is 0 Å². The molecule has 2 saturated carbocycles. The lowest BCUT2D eigenvalue weighted by atomic mass is 9.86. The number of thiophene rings is 1. The number of amides is 1. The molecule has 3 unspecified atom stereocenters. The summed E-state index contributed by atoms with van der Waals surface area (Å²) in [6.07, 6.45) is 5.27. The average Bonchev–Trinajstić information content (AvgIpc) is 3.27. The summed E-state index contributed by atoms with van der Waals surface area (Å²) in [5.41, 5.74) is 3.77. The van der Waals surface area contributed by atoms with Crippen LogP contribution >= 0.6 is 22.9 Å². The molecule has 3 nitrogen and oxygen atoms in total. The molecule has 2 bridgehead atoms. The van der Waals surface area contributed by atoms with Gasteiger partial charge in [-0.15, -0.1) is 11.3 Å².